The van der Waals surface area contributed by atoms with E-state index in [1.807, 2.05) is 91.0 Å². The van der Waals surface area contributed by atoms with E-state index in [4.69, 9.17) is 9.94 Å². The Hall–Kier alpha value is -3.44. The van der Waals surface area contributed by atoms with Gasteiger partial charge >= 0.3 is 5.97 Å². The molecule has 0 aliphatic rings. The van der Waals surface area contributed by atoms with E-state index in [-0.39, 0.29) is 12.8 Å². The van der Waals surface area contributed by atoms with E-state index in [1.165, 1.54) is 5.48 Å². The van der Waals surface area contributed by atoms with E-state index in [0.717, 1.165) is 16.7 Å². The summed E-state index contributed by atoms with van der Waals surface area (Å²) in [5.74, 6) is -1.18. The van der Waals surface area contributed by atoms with Crippen LogP contribution in [0.3, 0.4) is 0 Å². The molecule has 5 heteroatoms. The molecule has 28 heavy (non-hydrogen) atoms. The van der Waals surface area contributed by atoms with Crippen molar-refractivity contribution in [3.63, 3.8) is 0 Å². The number of benzene rings is 3. The number of amides is 1. The molecule has 5 nitrogen and oxygen atoms in total. The predicted molar refractivity (Wildman–Crippen MR) is 104 cm³/mol. The van der Waals surface area contributed by atoms with Crippen molar-refractivity contribution >= 4 is 11.9 Å². The van der Waals surface area contributed by atoms with Gasteiger partial charge in [0.25, 0.3) is 0 Å². The minimum absolute atomic E-state index is 0.152. The van der Waals surface area contributed by atoms with Crippen LogP contribution in [0.1, 0.15) is 29.5 Å². The number of rotatable bonds is 7. The number of carbonyl (C=O) groups is 2. The van der Waals surface area contributed by atoms with E-state index in [2.05, 4.69) is 0 Å². The number of ether oxygens (including phenoxy) is 1. The maximum Gasteiger partial charge on any atom is 0.307 e. The monoisotopic (exact) mass is 375 g/mol. The summed E-state index contributed by atoms with van der Waals surface area (Å²) in [7, 11) is 0. The van der Waals surface area contributed by atoms with Crippen LogP contribution in [0.15, 0.2) is 91.0 Å². The fourth-order valence-electron chi connectivity index (χ4n) is 3.19. The molecule has 3 aromatic carbocycles. The maximum absolute atomic E-state index is 12.7. The first-order valence-corrected chi connectivity index (χ1v) is 8.98. The molecule has 0 aliphatic carbocycles. The van der Waals surface area contributed by atoms with Gasteiger partial charge in [0.05, 0.1) is 6.42 Å². The Morgan fingerprint density at radius 3 is 1.46 bits per heavy atom. The Bertz CT molecular complexity index is 814. The van der Waals surface area contributed by atoms with Crippen molar-refractivity contribution in [2.45, 2.75) is 18.4 Å². The SMILES string of the molecule is O=C(CCC(=O)OC(c1ccccc1)(c1ccccc1)c1ccccc1)NO. The number of hydrogen-bond acceptors (Lipinski definition) is 4. The average molecular weight is 375 g/mol. The molecule has 0 aromatic heterocycles. The zero-order valence-corrected chi connectivity index (χ0v) is 15.2. The number of hydrogen-bond donors (Lipinski definition) is 2. The summed E-state index contributed by atoms with van der Waals surface area (Å²) >= 11 is 0. The van der Waals surface area contributed by atoms with Crippen LogP contribution in [-0.2, 0) is 19.9 Å². The first-order chi connectivity index (χ1) is 13.7. The summed E-state index contributed by atoms with van der Waals surface area (Å²) < 4.78 is 6.09. The second-order valence-electron chi connectivity index (χ2n) is 6.29. The van der Waals surface area contributed by atoms with Gasteiger partial charge in [-0.25, -0.2) is 5.48 Å². The van der Waals surface area contributed by atoms with Gasteiger partial charge in [-0.3, -0.25) is 14.8 Å². The number of nitrogens with one attached hydrogen (secondary N) is 1. The third kappa shape index (κ3) is 4.10. The van der Waals surface area contributed by atoms with Gasteiger partial charge in [0.15, 0.2) is 5.60 Å². The topological polar surface area (TPSA) is 75.6 Å². The smallest absolute Gasteiger partial charge is 0.307 e. The van der Waals surface area contributed by atoms with Gasteiger partial charge < -0.3 is 4.74 Å². The molecule has 0 spiro atoms. The number of hydroxylamine groups is 1. The molecular weight excluding hydrogens is 354 g/mol. The second kappa shape index (κ2) is 8.97. The second-order valence-corrected chi connectivity index (χ2v) is 6.29. The van der Waals surface area contributed by atoms with Gasteiger partial charge in [-0.15, -0.1) is 0 Å². The average Bonchev–Trinajstić information content (AvgIpc) is 2.77. The fourth-order valence-corrected chi connectivity index (χ4v) is 3.19. The summed E-state index contributed by atoms with van der Waals surface area (Å²) in [6.45, 7) is 0. The largest absolute Gasteiger partial charge is 0.444 e. The Morgan fingerprint density at radius 1 is 0.714 bits per heavy atom. The molecular formula is C23H21NO4. The highest BCUT2D eigenvalue weighted by atomic mass is 16.6. The van der Waals surface area contributed by atoms with E-state index in [0.29, 0.717) is 0 Å². The Kier molecular flexibility index (Phi) is 6.19. The van der Waals surface area contributed by atoms with Crippen LogP contribution < -0.4 is 5.48 Å². The lowest BCUT2D eigenvalue weighted by molar-refractivity contribution is -0.154. The molecule has 0 saturated carbocycles. The van der Waals surface area contributed by atoms with Gasteiger partial charge in [-0.05, 0) is 0 Å². The van der Waals surface area contributed by atoms with Crippen molar-refractivity contribution in [3.8, 4) is 0 Å². The molecule has 0 heterocycles. The van der Waals surface area contributed by atoms with E-state index in [9.17, 15) is 9.59 Å². The fraction of sp³-hybridized carbons (Fsp3) is 0.130. The van der Waals surface area contributed by atoms with Crippen LogP contribution >= 0.6 is 0 Å². The van der Waals surface area contributed by atoms with Crippen LogP contribution in [0.25, 0.3) is 0 Å². The molecule has 3 rings (SSSR count). The first kappa shape index (κ1) is 19.3. The quantitative estimate of drug-likeness (QED) is 0.285. The molecule has 0 aliphatic heterocycles. The number of esters is 1. The molecule has 0 fully saturated rings. The van der Waals surface area contributed by atoms with Crippen molar-refractivity contribution in [1.82, 2.24) is 5.48 Å². The lowest BCUT2D eigenvalue weighted by atomic mass is 9.80. The van der Waals surface area contributed by atoms with Crippen molar-refractivity contribution in [2.75, 3.05) is 0 Å². The van der Waals surface area contributed by atoms with E-state index < -0.39 is 17.5 Å². The molecule has 0 radical (unpaired) electrons. The standard InChI is InChI=1S/C23H21NO4/c25-21(24-27)16-17-22(26)28-23(18-10-4-1-5-11-18,19-12-6-2-7-13-19)20-14-8-3-9-15-20/h1-15,27H,16-17H2,(H,24,25). The minimum atomic E-state index is -1.16. The normalized spacial score (nSPS) is 10.9. The molecule has 3 aromatic rings. The molecule has 0 atom stereocenters. The van der Waals surface area contributed by atoms with Gasteiger partial charge in [-0.1, -0.05) is 91.0 Å². The van der Waals surface area contributed by atoms with Gasteiger partial charge in [0, 0.05) is 23.1 Å². The van der Waals surface area contributed by atoms with Gasteiger partial charge in [0.2, 0.25) is 5.91 Å². The molecule has 2 N–H and O–H groups in total. The third-order valence-electron chi connectivity index (χ3n) is 4.49. The van der Waals surface area contributed by atoms with Crippen molar-refractivity contribution in [3.05, 3.63) is 108 Å². The van der Waals surface area contributed by atoms with Crippen LogP contribution in [0.2, 0.25) is 0 Å². The molecule has 1 amide bonds. The third-order valence-corrected chi connectivity index (χ3v) is 4.49. The molecule has 0 bridgehead atoms. The lowest BCUT2D eigenvalue weighted by Gasteiger charge is -2.35. The summed E-state index contributed by atoms with van der Waals surface area (Å²) in [5.41, 5.74) is 2.77. The van der Waals surface area contributed by atoms with Crippen molar-refractivity contribution in [1.29, 1.82) is 0 Å². The minimum Gasteiger partial charge on any atom is -0.444 e. The summed E-state index contributed by atoms with van der Waals surface area (Å²) in [6.07, 6.45) is -0.315. The summed E-state index contributed by atoms with van der Waals surface area (Å²) in [6, 6.07) is 28.5. The number of carbonyl (C=O) groups excluding carboxylic acids is 2. The van der Waals surface area contributed by atoms with Crippen molar-refractivity contribution < 1.29 is 19.5 Å². The molecule has 0 unspecified atom stereocenters. The molecule has 142 valence electrons. The van der Waals surface area contributed by atoms with Crippen LogP contribution in [0.5, 0.6) is 0 Å². The van der Waals surface area contributed by atoms with Crippen LogP contribution in [0, 0.1) is 0 Å². The zero-order valence-electron chi connectivity index (χ0n) is 15.2. The zero-order chi connectivity index (χ0) is 19.8. The maximum atomic E-state index is 12.7. The predicted octanol–water partition coefficient (Wildman–Crippen LogP) is 3.81. The molecule has 0 saturated heterocycles. The Labute approximate surface area is 163 Å². The van der Waals surface area contributed by atoms with Gasteiger partial charge in [0.1, 0.15) is 0 Å². The highest BCUT2D eigenvalue weighted by molar-refractivity contribution is 5.81. The van der Waals surface area contributed by atoms with E-state index in [1.54, 1.807) is 0 Å². The lowest BCUT2D eigenvalue weighted by Crippen LogP contribution is -2.35. The van der Waals surface area contributed by atoms with E-state index >= 15 is 0 Å². The van der Waals surface area contributed by atoms with Gasteiger partial charge in [-0.2, -0.15) is 0 Å². The summed E-state index contributed by atoms with van der Waals surface area (Å²) in [5, 5.41) is 8.66. The Balaban J connectivity index is 2.11. The van der Waals surface area contributed by atoms with Crippen molar-refractivity contribution in [2.24, 2.45) is 0 Å². The first-order valence-electron chi connectivity index (χ1n) is 8.98. The summed E-state index contributed by atoms with van der Waals surface area (Å²) in [4.78, 5) is 24.0. The Morgan fingerprint density at radius 2 is 1.11 bits per heavy atom. The van der Waals surface area contributed by atoms with Crippen LogP contribution in [0.4, 0.5) is 0 Å². The highest BCUT2D eigenvalue weighted by Crippen LogP contribution is 2.40. The van der Waals surface area contributed by atoms with Crippen LogP contribution in [-0.4, -0.2) is 17.1 Å². The highest BCUT2D eigenvalue weighted by Gasteiger charge is 2.40.